The Labute approximate surface area is 100 Å². The van der Waals surface area contributed by atoms with Gasteiger partial charge in [0.15, 0.2) is 0 Å². The predicted molar refractivity (Wildman–Crippen MR) is 68.4 cm³/mol. The van der Waals surface area contributed by atoms with Gasteiger partial charge < -0.3 is 11.1 Å². The highest BCUT2D eigenvalue weighted by Gasteiger charge is 2.07. The van der Waals surface area contributed by atoms with Crippen LogP contribution in [0.3, 0.4) is 0 Å². The van der Waals surface area contributed by atoms with Crippen LogP contribution in [-0.2, 0) is 10.8 Å². The molecule has 4 nitrogen and oxygen atoms in total. The molecular weight excluding hydrogens is 278 g/mol. The molecule has 15 heavy (non-hydrogen) atoms. The van der Waals surface area contributed by atoms with Gasteiger partial charge in [-0.15, -0.1) is 0 Å². The van der Waals surface area contributed by atoms with Crippen LogP contribution >= 0.6 is 15.9 Å². The number of aromatic nitrogens is 1. The third-order valence-corrected chi connectivity index (χ3v) is 3.74. The molecule has 0 amide bonds. The second-order valence-electron chi connectivity index (χ2n) is 3.28. The topological polar surface area (TPSA) is 68.0 Å². The zero-order valence-electron chi connectivity index (χ0n) is 8.66. The van der Waals surface area contributed by atoms with Gasteiger partial charge in [0.05, 0.1) is 5.69 Å². The smallest absolute Gasteiger partial charge is 0.149 e. The molecule has 0 spiro atoms. The van der Waals surface area contributed by atoms with Crippen molar-refractivity contribution in [2.45, 2.75) is 12.2 Å². The van der Waals surface area contributed by atoms with Crippen molar-refractivity contribution >= 4 is 38.2 Å². The van der Waals surface area contributed by atoms with E-state index in [2.05, 4.69) is 26.2 Å². The molecule has 0 radical (unpaired) electrons. The fraction of sp³-hybridized carbons (Fsp3) is 0.444. The lowest BCUT2D eigenvalue weighted by atomic mass is 10.4. The zero-order chi connectivity index (χ0) is 11.4. The van der Waals surface area contributed by atoms with Crippen LogP contribution in [0.25, 0.3) is 0 Å². The van der Waals surface area contributed by atoms with Crippen molar-refractivity contribution in [3.05, 3.63) is 16.7 Å². The lowest BCUT2D eigenvalue weighted by Gasteiger charge is -2.11. The maximum Gasteiger partial charge on any atom is 0.149 e. The molecule has 0 saturated heterocycles. The Balaban J connectivity index is 2.62. The van der Waals surface area contributed by atoms with Crippen LogP contribution in [0.2, 0.25) is 0 Å². The van der Waals surface area contributed by atoms with Crippen molar-refractivity contribution in [2.75, 3.05) is 23.9 Å². The maximum atomic E-state index is 11.1. The SMILES string of the molecule is CC(CNc1ncc(Br)cc1N)S(C)=O. The summed E-state index contributed by atoms with van der Waals surface area (Å²) < 4.78 is 12.0. The molecule has 1 aromatic rings. The molecule has 0 fully saturated rings. The summed E-state index contributed by atoms with van der Waals surface area (Å²) in [5, 5.41) is 3.15. The van der Waals surface area contributed by atoms with E-state index in [4.69, 9.17) is 5.73 Å². The number of hydrogen-bond donors (Lipinski definition) is 2. The average molecular weight is 292 g/mol. The van der Waals surface area contributed by atoms with Gasteiger partial charge in [-0.25, -0.2) is 4.98 Å². The van der Waals surface area contributed by atoms with E-state index in [-0.39, 0.29) is 5.25 Å². The number of nitrogens with one attached hydrogen (secondary N) is 1. The molecule has 0 aromatic carbocycles. The van der Waals surface area contributed by atoms with Gasteiger partial charge >= 0.3 is 0 Å². The Hall–Kier alpha value is -0.620. The lowest BCUT2D eigenvalue weighted by Crippen LogP contribution is -2.21. The number of rotatable bonds is 4. The summed E-state index contributed by atoms with van der Waals surface area (Å²) in [6.45, 7) is 2.51. The molecule has 0 saturated carbocycles. The maximum absolute atomic E-state index is 11.1. The standard InChI is InChI=1S/C9H14BrN3OS/c1-6(15(2)14)4-12-9-8(11)3-7(10)5-13-9/h3,5-6H,4,11H2,1-2H3,(H,12,13). The minimum Gasteiger partial charge on any atom is -0.396 e. The molecule has 3 N–H and O–H groups in total. The van der Waals surface area contributed by atoms with E-state index in [9.17, 15) is 4.21 Å². The van der Waals surface area contributed by atoms with Crippen molar-refractivity contribution in [1.82, 2.24) is 4.98 Å². The number of pyridine rings is 1. The molecule has 1 rings (SSSR count). The molecule has 1 aromatic heterocycles. The summed E-state index contributed by atoms with van der Waals surface area (Å²) in [5.41, 5.74) is 6.33. The van der Waals surface area contributed by atoms with E-state index < -0.39 is 10.8 Å². The Morgan fingerprint density at radius 2 is 2.40 bits per heavy atom. The summed E-state index contributed by atoms with van der Waals surface area (Å²) in [6, 6.07) is 1.78. The minimum atomic E-state index is -0.835. The first-order chi connectivity index (χ1) is 7.00. The van der Waals surface area contributed by atoms with Crippen LogP contribution in [0.4, 0.5) is 11.5 Å². The van der Waals surface area contributed by atoms with Gasteiger partial charge in [0, 0.05) is 39.5 Å². The summed E-state index contributed by atoms with van der Waals surface area (Å²) in [5.74, 6) is 0.635. The Kier molecular flexibility index (Phi) is 4.53. The minimum absolute atomic E-state index is 0.0786. The van der Waals surface area contributed by atoms with Crippen LogP contribution in [0.15, 0.2) is 16.7 Å². The molecule has 0 bridgehead atoms. The van der Waals surface area contributed by atoms with Crippen LogP contribution in [0.1, 0.15) is 6.92 Å². The third kappa shape index (κ3) is 3.79. The van der Waals surface area contributed by atoms with Gasteiger partial charge in [-0.05, 0) is 28.9 Å². The molecule has 2 unspecified atom stereocenters. The first kappa shape index (κ1) is 12.4. The number of hydrogen-bond acceptors (Lipinski definition) is 4. The highest BCUT2D eigenvalue weighted by atomic mass is 79.9. The van der Waals surface area contributed by atoms with Crippen LogP contribution in [0, 0.1) is 0 Å². The lowest BCUT2D eigenvalue weighted by molar-refractivity contribution is 0.679. The van der Waals surface area contributed by atoms with Gasteiger partial charge in [-0.1, -0.05) is 0 Å². The monoisotopic (exact) mass is 291 g/mol. The van der Waals surface area contributed by atoms with Crippen molar-refractivity contribution < 1.29 is 4.21 Å². The second-order valence-corrected chi connectivity index (χ2v) is 6.00. The molecule has 0 aliphatic carbocycles. The largest absolute Gasteiger partial charge is 0.396 e. The van der Waals surface area contributed by atoms with Gasteiger partial charge in [-0.3, -0.25) is 4.21 Å². The normalized spacial score (nSPS) is 14.6. The predicted octanol–water partition coefficient (Wildman–Crippen LogP) is 1.61. The van der Waals surface area contributed by atoms with E-state index in [1.807, 2.05) is 6.92 Å². The van der Waals surface area contributed by atoms with E-state index >= 15 is 0 Å². The molecule has 2 atom stereocenters. The van der Waals surface area contributed by atoms with Crippen molar-refractivity contribution in [2.24, 2.45) is 0 Å². The van der Waals surface area contributed by atoms with E-state index in [0.29, 0.717) is 18.1 Å². The molecule has 1 heterocycles. The van der Waals surface area contributed by atoms with Crippen LogP contribution < -0.4 is 11.1 Å². The fourth-order valence-electron chi connectivity index (χ4n) is 0.960. The Bertz CT molecular complexity index is 372. The van der Waals surface area contributed by atoms with Gasteiger partial charge in [0.2, 0.25) is 0 Å². The summed E-state index contributed by atoms with van der Waals surface area (Å²) in [4.78, 5) is 4.13. The summed E-state index contributed by atoms with van der Waals surface area (Å²) in [7, 11) is -0.835. The number of halogens is 1. The first-order valence-corrected chi connectivity index (χ1v) is 6.89. The number of nitrogens with two attached hydrogens (primary N) is 1. The van der Waals surface area contributed by atoms with Crippen molar-refractivity contribution in [1.29, 1.82) is 0 Å². The molecular formula is C9H14BrN3OS. The van der Waals surface area contributed by atoms with E-state index in [1.165, 1.54) is 0 Å². The van der Waals surface area contributed by atoms with Gasteiger partial charge in [0.1, 0.15) is 5.82 Å². The zero-order valence-corrected chi connectivity index (χ0v) is 11.1. The number of nitrogen functional groups attached to an aromatic ring is 1. The van der Waals surface area contributed by atoms with Crippen molar-refractivity contribution in [3.63, 3.8) is 0 Å². The third-order valence-electron chi connectivity index (χ3n) is 2.01. The second kappa shape index (κ2) is 5.46. The van der Waals surface area contributed by atoms with Gasteiger partial charge in [0.25, 0.3) is 0 Å². The fourth-order valence-corrected chi connectivity index (χ4v) is 1.63. The molecule has 6 heteroatoms. The number of nitrogens with zero attached hydrogens (tertiary/aromatic N) is 1. The average Bonchev–Trinajstić information content (AvgIpc) is 2.15. The Morgan fingerprint density at radius 1 is 1.73 bits per heavy atom. The quantitative estimate of drug-likeness (QED) is 0.884. The highest BCUT2D eigenvalue weighted by Crippen LogP contribution is 2.19. The highest BCUT2D eigenvalue weighted by molar-refractivity contribution is 9.10. The van der Waals surface area contributed by atoms with Gasteiger partial charge in [-0.2, -0.15) is 0 Å². The molecule has 0 aliphatic heterocycles. The van der Waals surface area contributed by atoms with Crippen molar-refractivity contribution in [3.8, 4) is 0 Å². The summed E-state index contributed by atoms with van der Waals surface area (Å²) in [6.07, 6.45) is 3.36. The molecule has 84 valence electrons. The molecule has 0 aliphatic rings. The van der Waals surface area contributed by atoms with Crippen LogP contribution in [-0.4, -0.2) is 27.2 Å². The van der Waals surface area contributed by atoms with Crippen LogP contribution in [0.5, 0.6) is 0 Å². The summed E-state index contributed by atoms with van der Waals surface area (Å²) >= 11 is 3.28. The van der Waals surface area contributed by atoms with E-state index in [0.717, 1.165) is 4.47 Å². The number of anilines is 2. The first-order valence-electron chi connectivity index (χ1n) is 4.48. The van der Waals surface area contributed by atoms with E-state index in [1.54, 1.807) is 18.5 Å². The Morgan fingerprint density at radius 3 is 2.93 bits per heavy atom.